The molecule has 1 aromatic carbocycles. The van der Waals surface area contributed by atoms with Gasteiger partial charge in [0.25, 0.3) is 0 Å². The van der Waals surface area contributed by atoms with Gasteiger partial charge >= 0.3 is 0 Å². The van der Waals surface area contributed by atoms with Crippen LogP contribution in [0.3, 0.4) is 0 Å². The lowest BCUT2D eigenvalue weighted by atomic mass is 10.0. The third-order valence-corrected chi connectivity index (χ3v) is 4.49. The molecular weight excluding hydrogens is 242 g/mol. The largest absolute Gasteiger partial charge is 0.323 e. The molecule has 0 aliphatic carbocycles. The second kappa shape index (κ2) is 7.70. The van der Waals surface area contributed by atoms with Crippen molar-refractivity contribution in [3.8, 4) is 0 Å². The summed E-state index contributed by atoms with van der Waals surface area (Å²) >= 11 is 0. The van der Waals surface area contributed by atoms with Gasteiger partial charge in [0.05, 0.1) is 0 Å². The maximum absolute atomic E-state index is 11.9. The van der Waals surface area contributed by atoms with Crippen LogP contribution in [0.1, 0.15) is 48.9 Å². The Balaban J connectivity index is 2.53. The SMILES string of the molecule is CCCCCS(=O)CC(N)c1cc(C)cc(C)c1. The van der Waals surface area contributed by atoms with E-state index in [-0.39, 0.29) is 6.04 Å². The first-order valence-electron chi connectivity index (χ1n) is 6.71. The van der Waals surface area contributed by atoms with Gasteiger partial charge in [0.2, 0.25) is 0 Å². The Hall–Kier alpha value is -0.670. The quantitative estimate of drug-likeness (QED) is 0.771. The Kier molecular flexibility index (Phi) is 6.58. The molecule has 102 valence electrons. The highest BCUT2D eigenvalue weighted by atomic mass is 32.2. The molecule has 2 unspecified atom stereocenters. The highest BCUT2D eigenvalue weighted by Crippen LogP contribution is 2.16. The van der Waals surface area contributed by atoms with Gasteiger partial charge in [-0.3, -0.25) is 4.21 Å². The average molecular weight is 267 g/mol. The predicted octanol–water partition coefficient (Wildman–Crippen LogP) is 3.24. The van der Waals surface area contributed by atoms with Gasteiger partial charge in [-0.2, -0.15) is 0 Å². The van der Waals surface area contributed by atoms with Crippen LogP contribution in [0.25, 0.3) is 0 Å². The standard InChI is InChI=1S/C15H25NOS/c1-4-5-6-7-18(17)11-15(16)14-9-12(2)8-13(3)10-14/h8-10,15H,4-7,11,16H2,1-3H3. The van der Waals surface area contributed by atoms with E-state index < -0.39 is 10.8 Å². The summed E-state index contributed by atoms with van der Waals surface area (Å²) in [6.45, 7) is 6.30. The van der Waals surface area contributed by atoms with Crippen molar-refractivity contribution in [2.75, 3.05) is 11.5 Å². The predicted molar refractivity (Wildman–Crippen MR) is 80.2 cm³/mol. The lowest BCUT2D eigenvalue weighted by Gasteiger charge is -2.13. The van der Waals surface area contributed by atoms with Crippen molar-refractivity contribution in [3.63, 3.8) is 0 Å². The molecular formula is C15H25NOS. The molecule has 18 heavy (non-hydrogen) atoms. The first-order chi connectivity index (χ1) is 8.52. The van der Waals surface area contributed by atoms with E-state index in [0.29, 0.717) is 5.75 Å². The minimum absolute atomic E-state index is 0.106. The monoisotopic (exact) mass is 267 g/mol. The minimum atomic E-state index is -0.790. The highest BCUT2D eigenvalue weighted by molar-refractivity contribution is 7.85. The fourth-order valence-electron chi connectivity index (χ4n) is 2.12. The molecule has 2 atom stereocenters. The van der Waals surface area contributed by atoms with Crippen molar-refractivity contribution >= 4 is 10.8 Å². The molecule has 0 radical (unpaired) electrons. The van der Waals surface area contributed by atoms with Gasteiger partial charge in [-0.05, 0) is 25.8 Å². The van der Waals surface area contributed by atoms with Crippen LogP contribution in [0.15, 0.2) is 18.2 Å². The van der Waals surface area contributed by atoms with E-state index in [1.54, 1.807) is 0 Å². The van der Waals surface area contributed by atoms with Crippen LogP contribution in [-0.4, -0.2) is 15.7 Å². The number of hydrogen-bond acceptors (Lipinski definition) is 2. The molecule has 0 heterocycles. The molecule has 0 aromatic heterocycles. The normalized spacial score (nSPS) is 14.4. The van der Waals surface area contributed by atoms with Crippen molar-refractivity contribution < 1.29 is 4.21 Å². The molecule has 2 nitrogen and oxygen atoms in total. The molecule has 1 aromatic rings. The van der Waals surface area contributed by atoms with Gasteiger partial charge in [0.1, 0.15) is 0 Å². The van der Waals surface area contributed by atoms with Gasteiger partial charge in [-0.1, -0.05) is 49.1 Å². The zero-order valence-electron chi connectivity index (χ0n) is 11.7. The van der Waals surface area contributed by atoms with Gasteiger partial charge in [-0.15, -0.1) is 0 Å². The molecule has 0 spiro atoms. The van der Waals surface area contributed by atoms with Crippen LogP contribution in [0, 0.1) is 13.8 Å². The molecule has 0 saturated heterocycles. The van der Waals surface area contributed by atoms with E-state index in [4.69, 9.17) is 5.73 Å². The van der Waals surface area contributed by atoms with Crippen LogP contribution >= 0.6 is 0 Å². The van der Waals surface area contributed by atoms with Gasteiger partial charge in [0.15, 0.2) is 0 Å². The van der Waals surface area contributed by atoms with Crippen LogP contribution in [0.2, 0.25) is 0 Å². The topological polar surface area (TPSA) is 43.1 Å². The van der Waals surface area contributed by atoms with Crippen LogP contribution in [0.4, 0.5) is 0 Å². The van der Waals surface area contributed by atoms with Gasteiger partial charge < -0.3 is 5.73 Å². The Labute approximate surface area is 113 Å². The Morgan fingerprint density at radius 2 is 1.78 bits per heavy atom. The summed E-state index contributed by atoms with van der Waals surface area (Å²) in [4.78, 5) is 0. The Morgan fingerprint density at radius 1 is 1.17 bits per heavy atom. The summed E-state index contributed by atoms with van der Waals surface area (Å²) in [5.74, 6) is 1.36. The van der Waals surface area contributed by atoms with Crippen LogP contribution in [0.5, 0.6) is 0 Å². The maximum Gasteiger partial charge on any atom is 0.0428 e. The molecule has 0 saturated carbocycles. The van der Waals surface area contributed by atoms with E-state index in [9.17, 15) is 4.21 Å². The van der Waals surface area contributed by atoms with E-state index in [0.717, 1.165) is 24.2 Å². The lowest BCUT2D eigenvalue weighted by molar-refractivity contribution is 0.668. The molecule has 0 aliphatic rings. The number of aryl methyl sites for hydroxylation is 2. The molecule has 0 fully saturated rings. The third-order valence-electron chi connectivity index (χ3n) is 3.01. The number of benzene rings is 1. The van der Waals surface area contributed by atoms with Crippen molar-refractivity contribution in [1.29, 1.82) is 0 Å². The smallest absolute Gasteiger partial charge is 0.0428 e. The molecule has 0 amide bonds. The fraction of sp³-hybridized carbons (Fsp3) is 0.600. The third kappa shape index (κ3) is 5.32. The summed E-state index contributed by atoms with van der Waals surface area (Å²) in [5.41, 5.74) is 9.69. The van der Waals surface area contributed by atoms with Gasteiger partial charge in [0, 0.05) is 28.3 Å². The summed E-state index contributed by atoms with van der Waals surface area (Å²) < 4.78 is 11.9. The van der Waals surface area contributed by atoms with Crippen molar-refractivity contribution in [2.24, 2.45) is 5.73 Å². The second-order valence-corrected chi connectivity index (χ2v) is 6.67. The van der Waals surface area contributed by atoms with E-state index in [2.05, 4.69) is 39.0 Å². The fourth-order valence-corrected chi connectivity index (χ4v) is 3.40. The summed E-state index contributed by atoms with van der Waals surface area (Å²) in [6, 6.07) is 6.22. The number of unbranched alkanes of at least 4 members (excludes halogenated alkanes) is 2. The van der Waals surface area contributed by atoms with Gasteiger partial charge in [-0.25, -0.2) is 0 Å². The van der Waals surface area contributed by atoms with Crippen molar-refractivity contribution in [1.82, 2.24) is 0 Å². The van der Waals surface area contributed by atoms with E-state index in [1.807, 2.05) is 0 Å². The van der Waals surface area contributed by atoms with Crippen LogP contribution in [-0.2, 0) is 10.8 Å². The number of hydrogen-bond donors (Lipinski definition) is 1. The van der Waals surface area contributed by atoms with Crippen LogP contribution < -0.4 is 5.73 Å². The minimum Gasteiger partial charge on any atom is -0.323 e. The summed E-state index contributed by atoms with van der Waals surface area (Å²) in [5, 5.41) is 0. The molecule has 0 aliphatic heterocycles. The molecule has 0 bridgehead atoms. The zero-order valence-corrected chi connectivity index (χ0v) is 12.6. The first-order valence-corrected chi connectivity index (χ1v) is 8.20. The molecule has 1 rings (SSSR count). The first kappa shape index (κ1) is 15.4. The number of nitrogens with two attached hydrogens (primary N) is 1. The van der Waals surface area contributed by atoms with E-state index >= 15 is 0 Å². The maximum atomic E-state index is 11.9. The molecule has 2 N–H and O–H groups in total. The second-order valence-electron chi connectivity index (χ2n) is 5.05. The summed E-state index contributed by atoms with van der Waals surface area (Å²) in [6.07, 6.45) is 3.37. The average Bonchev–Trinajstić information content (AvgIpc) is 2.28. The van der Waals surface area contributed by atoms with Crippen molar-refractivity contribution in [3.05, 3.63) is 34.9 Å². The van der Waals surface area contributed by atoms with Crippen molar-refractivity contribution in [2.45, 2.75) is 46.1 Å². The zero-order chi connectivity index (χ0) is 13.5. The lowest BCUT2D eigenvalue weighted by Crippen LogP contribution is -2.20. The Morgan fingerprint density at radius 3 is 2.33 bits per heavy atom. The Bertz CT molecular complexity index is 383. The highest BCUT2D eigenvalue weighted by Gasteiger charge is 2.11. The molecule has 3 heteroatoms. The summed E-state index contributed by atoms with van der Waals surface area (Å²) in [7, 11) is -0.790. The number of rotatable bonds is 7. The van der Waals surface area contributed by atoms with E-state index in [1.165, 1.54) is 17.5 Å².